The zero-order chi connectivity index (χ0) is 11.3. The first-order chi connectivity index (χ1) is 7.09. The highest BCUT2D eigenvalue weighted by Crippen LogP contribution is 2.05. The third-order valence-electron chi connectivity index (χ3n) is 1.86. The van der Waals surface area contributed by atoms with Crippen molar-refractivity contribution in [1.29, 1.82) is 0 Å². The Morgan fingerprint density at radius 2 is 1.93 bits per heavy atom. The summed E-state index contributed by atoms with van der Waals surface area (Å²) in [4.78, 5) is 11.0. The number of carbonyl (C=O) groups excluding carboxylic acids is 1. The molecule has 0 aromatic heterocycles. The maximum atomic E-state index is 11.0. The molecule has 0 fully saturated rings. The Hall–Kier alpha value is -1.83. The number of hydrogen-bond acceptors (Lipinski definition) is 2. The molecule has 0 aliphatic heterocycles. The van der Waals surface area contributed by atoms with Crippen molar-refractivity contribution in [1.82, 2.24) is 0 Å². The van der Waals surface area contributed by atoms with Crippen LogP contribution in [0, 0.1) is 6.92 Å². The topological polar surface area (TPSA) is 26.3 Å². The molecular formula is C13H14O2. The molecular weight excluding hydrogens is 188 g/mol. The minimum Gasteiger partial charge on any atom is -0.431 e. The first kappa shape index (κ1) is 11.2. The number of carbonyl (C=O) groups is 1. The fourth-order valence-electron chi connectivity index (χ4n) is 0.953. The van der Waals surface area contributed by atoms with Gasteiger partial charge in [-0.3, -0.25) is 0 Å². The summed E-state index contributed by atoms with van der Waals surface area (Å²) in [7, 11) is 0. The molecule has 0 heterocycles. The standard InChI is InChI=1S/C13H14O2/c1-10(2)13(14)15-9-8-12-6-4-11(3)5-7-12/h4-9H,1H2,2-3H3. The normalized spacial score (nSPS) is 10.3. The lowest BCUT2D eigenvalue weighted by Gasteiger charge is -1.97. The second-order valence-electron chi connectivity index (χ2n) is 3.40. The number of aryl methyl sites for hydroxylation is 1. The minimum absolute atomic E-state index is 0.392. The quantitative estimate of drug-likeness (QED) is 0.427. The molecule has 15 heavy (non-hydrogen) atoms. The van der Waals surface area contributed by atoms with E-state index >= 15 is 0 Å². The van der Waals surface area contributed by atoms with Crippen molar-refractivity contribution < 1.29 is 9.53 Å². The molecule has 0 spiro atoms. The van der Waals surface area contributed by atoms with Gasteiger partial charge < -0.3 is 4.74 Å². The van der Waals surface area contributed by atoms with Crippen molar-refractivity contribution in [3.8, 4) is 0 Å². The van der Waals surface area contributed by atoms with Gasteiger partial charge >= 0.3 is 5.97 Å². The van der Waals surface area contributed by atoms with E-state index in [9.17, 15) is 4.79 Å². The molecule has 0 aliphatic carbocycles. The summed E-state index contributed by atoms with van der Waals surface area (Å²) in [5.41, 5.74) is 2.59. The molecule has 78 valence electrons. The van der Waals surface area contributed by atoms with E-state index in [1.54, 1.807) is 13.0 Å². The van der Waals surface area contributed by atoms with Gasteiger partial charge in [-0.2, -0.15) is 0 Å². The highest BCUT2D eigenvalue weighted by molar-refractivity contribution is 5.87. The summed E-state index contributed by atoms with van der Waals surface area (Å²) in [6.45, 7) is 7.12. The summed E-state index contributed by atoms with van der Waals surface area (Å²) < 4.78 is 4.82. The zero-order valence-corrected chi connectivity index (χ0v) is 8.99. The maximum absolute atomic E-state index is 11.0. The SMILES string of the molecule is C=C(C)C(=O)OC=Cc1ccc(C)cc1. The van der Waals surface area contributed by atoms with Crippen LogP contribution in [0.25, 0.3) is 6.08 Å². The third-order valence-corrected chi connectivity index (χ3v) is 1.86. The molecule has 0 bridgehead atoms. The van der Waals surface area contributed by atoms with Crippen LogP contribution in [0.3, 0.4) is 0 Å². The van der Waals surface area contributed by atoms with Gasteiger partial charge in [-0.1, -0.05) is 36.4 Å². The van der Waals surface area contributed by atoms with Gasteiger partial charge in [0.25, 0.3) is 0 Å². The van der Waals surface area contributed by atoms with Gasteiger partial charge in [0.15, 0.2) is 0 Å². The molecule has 1 aromatic carbocycles. The molecule has 0 atom stereocenters. The molecule has 2 heteroatoms. The molecule has 0 aliphatic rings. The van der Waals surface area contributed by atoms with Crippen LogP contribution in [-0.2, 0) is 9.53 Å². The van der Waals surface area contributed by atoms with Crippen molar-refractivity contribution in [3.05, 3.63) is 53.8 Å². The van der Waals surface area contributed by atoms with Gasteiger partial charge in [0.05, 0.1) is 6.26 Å². The van der Waals surface area contributed by atoms with Crippen molar-refractivity contribution in [2.45, 2.75) is 13.8 Å². The Bertz CT molecular complexity index is 386. The van der Waals surface area contributed by atoms with Crippen LogP contribution < -0.4 is 0 Å². The van der Waals surface area contributed by atoms with E-state index in [1.807, 2.05) is 31.2 Å². The number of ether oxygens (including phenoxy) is 1. The highest BCUT2D eigenvalue weighted by atomic mass is 16.5. The third kappa shape index (κ3) is 3.81. The molecule has 0 amide bonds. The largest absolute Gasteiger partial charge is 0.431 e. The number of benzene rings is 1. The monoisotopic (exact) mass is 202 g/mol. The molecule has 0 unspecified atom stereocenters. The van der Waals surface area contributed by atoms with Gasteiger partial charge in [0, 0.05) is 5.57 Å². The van der Waals surface area contributed by atoms with E-state index < -0.39 is 5.97 Å². The van der Waals surface area contributed by atoms with Crippen LogP contribution in [0.15, 0.2) is 42.7 Å². The Morgan fingerprint density at radius 3 is 2.47 bits per heavy atom. The Morgan fingerprint density at radius 1 is 1.33 bits per heavy atom. The van der Waals surface area contributed by atoms with E-state index in [2.05, 4.69) is 6.58 Å². The summed E-state index contributed by atoms with van der Waals surface area (Å²) in [6, 6.07) is 7.92. The fraction of sp³-hybridized carbons (Fsp3) is 0.154. The smallest absolute Gasteiger partial charge is 0.337 e. The lowest BCUT2D eigenvalue weighted by Crippen LogP contribution is -1.98. The summed E-state index contributed by atoms with van der Waals surface area (Å²) in [5.74, 6) is -0.404. The second kappa shape index (κ2) is 5.15. The molecule has 1 rings (SSSR count). The summed E-state index contributed by atoms with van der Waals surface area (Å²) in [5, 5.41) is 0. The van der Waals surface area contributed by atoms with Crippen LogP contribution in [0.4, 0.5) is 0 Å². The van der Waals surface area contributed by atoms with Gasteiger partial charge in [-0.05, 0) is 25.5 Å². The Labute approximate surface area is 89.9 Å². The summed E-state index contributed by atoms with van der Waals surface area (Å²) >= 11 is 0. The van der Waals surface area contributed by atoms with E-state index in [1.165, 1.54) is 11.8 Å². The zero-order valence-electron chi connectivity index (χ0n) is 8.99. The van der Waals surface area contributed by atoms with Crippen molar-refractivity contribution in [2.75, 3.05) is 0 Å². The molecule has 0 N–H and O–H groups in total. The van der Waals surface area contributed by atoms with Gasteiger partial charge in [-0.25, -0.2) is 4.79 Å². The highest BCUT2D eigenvalue weighted by Gasteiger charge is 1.98. The van der Waals surface area contributed by atoms with Crippen LogP contribution in [0.2, 0.25) is 0 Å². The summed E-state index contributed by atoms with van der Waals surface area (Å²) in [6.07, 6.45) is 3.11. The van der Waals surface area contributed by atoms with Crippen LogP contribution in [-0.4, -0.2) is 5.97 Å². The van der Waals surface area contributed by atoms with Gasteiger partial charge in [0.2, 0.25) is 0 Å². The van der Waals surface area contributed by atoms with E-state index in [0.29, 0.717) is 5.57 Å². The fourth-order valence-corrected chi connectivity index (χ4v) is 0.953. The van der Waals surface area contributed by atoms with Gasteiger partial charge in [0.1, 0.15) is 0 Å². The van der Waals surface area contributed by atoms with Crippen LogP contribution in [0.5, 0.6) is 0 Å². The average molecular weight is 202 g/mol. The first-order valence-corrected chi connectivity index (χ1v) is 4.69. The predicted molar refractivity (Wildman–Crippen MR) is 61.1 cm³/mol. The Balaban J connectivity index is 2.55. The molecule has 1 aromatic rings. The molecule has 2 nitrogen and oxygen atoms in total. The number of hydrogen-bond donors (Lipinski definition) is 0. The lowest BCUT2D eigenvalue weighted by molar-refractivity contribution is -0.133. The number of rotatable bonds is 3. The van der Waals surface area contributed by atoms with E-state index in [0.717, 1.165) is 5.56 Å². The van der Waals surface area contributed by atoms with Gasteiger partial charge in [-0.15, -0.1) is 0 Å². The number of esters is 1. The average Bonchev–Trinajstić information content (AvgIpc) is 2.20. The van der Waals surface area contributed by atoms with Crippen LogP contribution in [0.1, 0.15) is 18.1 Å². The van der Waals surface area contributed by atoms with Crippen molar-refractivity contribution in [2.24, 2.45) is 0 Å². The molecule has 0 saturated carbocycles. The lowest BCUT2D eigenvalue weighted by atomic mass is 10.1. The predicted octanol–water partition coefficient (Wildman–Crippen LogP) is 3.09. The first-order valence-electron chi connectivity index (χ1n) is 4.69. The van der Waals surface area contributed by atoms with E-state index in [-0.39, 0.29) is 0 Å². The Kier molecular flexibility index (Phi) is 3.86. The minimum atomic E-state index is -0.404. The van der Waals surface area contributed by atoms with E-state index in [4.69, 9.17) is 4.74 Å². The van der Waals surface area contributed by atoms with Crippen molar-refractivity contribution in [3.63, 3.8) is 0 Å². The second-order valence-corrected chi connectivity index (χ2v) is 3.40. The van der Waals surface area contributed by atoms with Crippen LogP contribution >= 0.6 is 0 Å². The van der Waals surface area contributed by atoms with Crippen molar-refractivity contribution >= 4 is 12.0 Å². The molecule has 0 saturated heterocycles. The maximum Gasteiger partial charge on any atom is 0.337 e. The molecule has 0 radical (unpaired) electrons.